The lowest BCUT2D eigenvalue weighted by molar-refractivity contribution is -0.384. The van der Waals surface area contributed by atoms with Gasteiger partial charge in [0.1, 0.15) is 5.02 Å². The highest BCUT2D eigenvalue weighted by atomic mass is 35.5. The van der Waals surface area contributed by atoms with E-state index in [2.05, 4.69) is 5.32 Å². The molecule has 0 aliphatic heterocycles. The van der Waals surface area contributed by atoms with E-state index in [9.17, 15) is 20.3 Å². The fourth-order valence-electron chi connectivity index (χ4n) is 1.68. The number of nitrogens with one attached hydrogen (secondary N) is 1. The van der Waals surface area contributed by atoms with Crippen molar-refractivity contribution in [1.82, 2.24) is 0 Å². The molecule has 2 aromatic rings. The first-order valence-corrected chi connectivity index (χ1v) is 6.04. The maximum absolute atomic E-state index is 10.6. The van der Waals surface area contributed by atoms with Gasteiger partial charge in [0.15, 0.2) is 11.5 Å². The Kier molecular flexibility index (Phi) is 3.95. The van der Waals surface area contributed by atoms with Crippen molar-refractivity contribution in [2.75, 3.05) is 5.32 Å². The highest BCUT2D eigenvalue weighted by molar-refractivity contribution is 6.32. The fraction of sp³-hybridized carbons (Fsp3) is 0.0769. The predicted molar refractivity (Wildman–Crippen MR) is 75.2 cm³/mol. The zero-order chi connectivity index (χ0) is 14.7. The third kappa shape index (κ3) is 2.92. The zero-order valence-corrected chi connectivity index (χ0v) is 11.0. The highest BCUT2D eigenvalue weighted by Crippen LogP contribution is 2.30. The highest BCUT2D eigenvalue weighted by Gasteiger charge is 2.12. The Bertz CT molecular complexity index is 661. The van der Waals surface area contributed by atoms with Gasteiger partial charge in [-0.2, -0.15) is 0 Å². The van der Waals surface area contributed by atoms with Crippen LogP contribution in [0.15, 0.2) is 36.4 Å². The molecule has 0 heterocycles. The van der Waals surface area contributed by atoms with Crippen LogP contribution in [0.4, 0.5) is 11.4 Å². The number of nitro groups is 1. The van der Waals surface area contributed by atoms with Crippen LogP contribution in [-0.4, -0.2) is 15.1 Å². The normalized spacial score (nSPS) is 10.2. The monoisotopic (exact) mass is 294 g/mol. The average molecular weight is 295 g/mol. The van der Waals surface area contributed by atoms with Gasteiger partial charge in [0.2, 0.25) is 0 Å². The van der Waals surface area contributed by atoms with Crippen LogP contribution in [-0.2, 0) is 6.54 Å². The second-order valence-electron chi connectivity index (χ2n) is 4.06. The van der Waals surface area contributed by atoms with E-state index in [1.54, 1.807) is 12.1 Å². The Morgan fingerprint density at radius 3 is 2.65 bits per heavy atom. The van der Waals surface area contributed by atoms with Gasteiger partial charge in [-0.15, -0.1) is 0 Å². The summed E-state index contributed by atoms with van der Waals surface area (Å²) in [6.45, 7) is 0.244. The van der Waals surface area contributed by atoms with Crippen LogP contribution in [0.1, 0.15) is 5.56 Å². The van der Waals surface area contributed by atoms with E-state index < -0.39 is 4.92 Å². The average Bonchev–Trinajstić information content (AvgIpc) is 2.40. The summed E-state index contributed by atoms with van der Waals surface area (Å²) in [5.41, 5.74) is 0.903. The molecule has 0 unspecified atom stereocenters. The largest absolute Gasteiger partial charge is 0.504 e. The van der Waals surface area contributed by atoms with Crippen molar-refractivity contribution in [3.63, 3.8) is 0 Å². The van der Waals surface area contributed by atoms with Crippen LogP contribution in [0.25, 0.3) is 0 Å². The number of phenols is 2. The summed E-state index contributed by atoms with van der Waals surface area (Å²) in [7, 11) is 0. The van der Waals surface area contributed by atoms with Gasteiger partial charge >= 0.3 is 0 Å². The number of hydrogen-bond donors (Lipinski definition) is 3. The van der Waals surface area contributed by atoms with Gasteiger partial charge in [-0.05, 0) is 18.2 Å². The Hall–Kier alpha value is -2.47. The Morgan fingerprint density at radius 1 is 1.25 bits per heavy atom. The van der Waals surface area contributed by atoms with Crippen LogP contribution < -0.4 is 5.32 Å². The van der Waals surface area contributed by atoms with E-state index in [1.165, 1.54) is 24.3 Å². The van der Waals surface area contributed by atoms with E-state index in [4.69, 9.17) is 11.6 Å². The maximum Gasteiger partial charge on any atom is 0.288 e. The lowest BCUT2D eigenvalue weighted by Gasteiger charge is -2.09. The molecule has 0 fully saturated rings. The van der Waals surface area contributed by atoms with Crippen LogP contribution >= 0.6 is 11.6 Å². The smallest absolute Gasteiger partial charge is 0.288 e. The summed E-state index contributed by atoms with van der Waals surface area (Å²) in [4.78, 5) is 10.1. The zero-order valence-electron chi connectivity index (χ0n) is 10.2. The molecule has 2 rings (SSSR count). The minimum absolute atomic E-state index is 0.0279. The SMILES string of the molecule is O=[N+]([O-])c1ccc(NCc2cccc(O)c2O)cc1Cl. The van der Waals surface area contributed by atoms with E-state index in [0.29, 0.717) is 11.3 Å². The predicted octanol–water partition coefficient (Wildman–Crippen LogP) is 3.27. The van der Waals surface area contributed by atoms with Crippen LogP contribution in [0.5, 0.6) is 11.5 Å². The maximum atomic E-state index is 10.6. The van der Waals surface area contributed by atoms with Crippen molar-refractivity contribution in [3.8, 4) is 11.5 Å². The molecule has 20 heavy (non-hydrogen) atoms. The van der Waals surface area contributed by atoms with Gasteiger partial charge in [-0.1, -0.05) is 23.7 Å². The molecule has 0 atom stereocenters. The first-order chi connectivity index (χ1) is 9.49. The van der Waals surface area contributed by atoms with Gasteiger partial charge in [-0.3, -0.25) is 10.1 Å². The standard InChI is InChI=1S/C13H11ClN2O4/c14-10-6-9(4-5-11(10)16(19)20)15-7-8-2-1-3-12(17)13(8)18/h1-6,15,17-18H,7H2. The topological polar surface area (TPSA) is 95.6 Å². The van der Waals surface area contributed by atoms with Gasteiger partial charge < -0.3 is 15.5 Å². The number of aromatic hydroxyl groups is 2. The summed E-state index contributed by atoms with van der Waals surface area (Å²) in [5, 5.41) is 32.6. The van der Waals surface area contributed by atoms with Crippen molar-refractivity contribution in [2.24, 2.45) is 0 Å². The second-order valence-corrected chi connectivity index (χ2v) is 4.47. The van der Waals surface area contributed by atoms with Gasteiger partial charge in [-0.25, -0.2) is 0 Å². The lowest BCUT2D eigenvalue weighted by Crippen LogP contribution is -2.00. The molecule has 0 radical (unpaired) electrons. The molecule has 0 aliphatic rings. The number of rotatable bonds is 4. The number of anilines is 1. The Balaban J connectivity index is 2.13. The Labute approximate surface area is 119 Å². The number of phenolic OH excluding ortho intramolecular Hbond substituents is 2. The summed E-state index contributed by atoms with van der Waals surface area (Å²) in [6.07, 6.45) is 0. The number of halogens is 1. The van der Waals surface area contributed by atoms with Crippen LogP contribution in [0, 0.1) is 10.1 Å². The molecule has 0 aromatic heterocycles. The molecule has 0 bridgehead atoms. The first kappa shape index (κ1) is 14.0. The van der Waals surface area contributed by atoms with Crippen molar-refractivity contribution in [2.45, 2.75) is 6.54 Å². The Morgan fingerprint density at radius 2 is 2.00 bits per heavy atom. The van der Waals surface area contributed by atoms with Crippen molar-refractivity contribution < 1.29 is 15.1 Å². The van der Waals surface area contributed by atoms with Crippen molar-refractivity contribution in [1.29, 1.82) is 0 Å². The fourth-order valence-corrected chi connectivity index (χ4v) is 1.93. The number of para-hydroxylation sites is 1. The molecule has 0 amide bonds. The van der Waals surface area contributed by atoms with Crippen molar-refractivity contribution in [3.05, 3.63) is 57.1 Å². The van der Waals surface area contributed by atoms with E-state index in [0.717, 1.165) is 0 Å². The number of benzene rings is 2. The van der Waals surface area contributed by atoms with Crippen molar-refractivity contribution >= 4 is 23.0 Å². The lowest BCUT2D eigenvalue weighted by atomic mass is 10.2. The molecule has 0 spiro atoms. The number of nitro benzene ring substituents is 1. The minimum atomic E-state index is -0.562. The van der Waals surface area contributed by atoms with E-state index >= 15 is 0 Å². The first-order valence-electron chi connectivity index (χ1n) is 5.66. The molecule has 0 saturated heterocycles. The van der Waals surface area contributed by atoms with E-state index in [1.807, 2.05) is 0 Å². The molecule has 7 heteroatoms. The van der Waals surface area contributed by atoms with Gasteiger partial charge in [0, 0.05) is 23.9 Å². The van der Waals surface area contributed by atoms with Crippen LogP contribution in [0.3, 0.4) is 0 Å². The summed E-state index contributed by atoms with van der Waals surface area (Å²) in [5.74, 6) is -0.404. The molecule has 0 aliphatic carbocycles. The molecule has 6 nitrogen and oxygen atoms in total. The minimum Gasteiger partial charge on any atom is -0.504 e. The van der Waals surface area contributed by atoms with Crippen LogP contribution in [0.2, 0.25) is 5.02 Å². The summed E-state index contributed by atoms with van der Waals surface area (Å²) < 4.78 is 0. The van der Waals surface area contributed by atoms with Gasteiger partial charge in [0.05, 0.1) is 4.92 Å². The molecular formula is C13H11ClN2O4. The quantitative estimate of drug-likeness (QED) is 0.457. The molecule has 0 saturated carbocycles. The third-order valence-electron chi connectivity index (χ3n) is 2.73. The van der Waals surface area contributed by atoms with Gasteiger partial charge in [0.25, 0.3) is 5.69 Å². The molecule has 3 N–H and O–H groups in total. The molecule has 104 valence electrons. The molecular weight excluding hydrogens is 284 g/mol. The molecule has 2 aromatic carbocycles. The number of nitrogens with zero attached hydrogens (tertiary/aromatic N) is 1. The third-order valence-corrected chi connectivity index (χ3v) is 3.03. The van der Waals surface area contributed by atoms with E-state index in [-0.39, 0.29) is 28.8 Å². The second kappa shape index (κ2) is 5.66. The summed E-state index contributed by atoms with van der Waals surface area (Å²) >= 11 is 5.79. The number of hydrogen-bond acceptors (Lipinski definition) is 5. The summed E-state index contributed by atoms with van der Waals surface area (Å²) in [6, 6.07) is 8.88.